The predicted octanol–water partition coefficient (Wildman–Crippen LogP) is 1.63. The van der Waals surface area contributed by atoms with Crippen LogP contribution in [0, 0.1) is 5.92 Å². The first-order chi connectivity index (χ1) is 13.7. The minimum atomic E-state index is -0.855. The number of aliphatic carboxylic acids is 1. The van der Waals surface area contributed by atoms with Gasteiger partial charge in [-0.05, 0) is 43.5 Å². The van der Waals surface area contributed by atoms with Crippen LogP contribution in [0.4, 0.5) is 5.69 Å². The molecule has 0 radical (unpaired) electrons. The van der Waals surface area contributed by atoms with Crippen molar-refractivity contribution in [2.24, 2.45) is 5.92 Å². The van der Waals surface area contributed by atoms with Crippen LogP contribution in [0.2, 0.25) is 0 Å². The van der Waals surface area contributed by atoms with E-state index in [1.807, 2.05) is 13.8 Å². The van der Waals surface area contributed by atoms with Crippen molar-refractivity contribution in [3.05, 3.63) is 24.3 Å². The van der Waals surface area contributed by atoms with E-state index in [9.17, 15) is 19.5 Å². The Kier molecular flexibility index (Phi) is 10.5. The first-order valence-corrected chi connectivity index (χ1v) is 9.63. The van der Waals surface area contributed by atoms with Gasteiger partial charge in [0.15, 0.2) is 0 Å². The number of carboxylic acid groups (broad SMARTS) is 1. The van der Waals surface area contributed by atoms with Crippen molar-refractivity contribution in [2.45, 2.75) is 46.1 Å². The van der Waals surface area contributed by atoms with Crippen LogP contribution in [-0.2, 0) is 14.4 Å². The number of benzene rings is 1. The molecule has 0 fully saturated rings. The first-order valence-electron chi connectivity index (χ1n) is 9.63. The summed E-state index contributed by atoms with van der Waals surface area (Å²) in [5.41, 5.74) is 3.25. The maximum Gasteiger partial charge on any atom is 0.303 e. The zero-order valence-electron chi connectivity index (χ0n) is 17.2. The van der Waals surface area contributed by atoms with Gasteiger partial charge in [0.2, 0.25) is 5.91 Å². The van der Waals surface area contributed by atoms with Crippen molar-refractivity contribution >= 4 is 23.5 Å². The number of hydrogen-bond donors (Lipinski definition) is 4. The number of nitrogens with one attached hydrogen (secondary N) is 2. The van der Waals surface area contributed by atoms with E-state index in [1.54, 1.807) is 24.3 Å². The molecule has 1 rings (SSSR count). The number of nitrogens with zero attached hydrogens (tertiary/aromatic N) is 1. The second kappa shape index (κ2) is 12.6. The lowest BCUT2D eigenvalue weighted by molar-refractivity contribution is -0.141. The highest BCUT2D eigenvalue weighted by molar-refractivity contribution is 5.84. The predicted molar refractivity (Wildman–Crippen MR) is 108 cm³/mol. The number of anilines is 1. The molecule has 0 aliphatic heterocycles. The normalized spacial score (nSPS) is 11.6. The lowest BCUT2D eigenvalue weighted by Crippen LogP contribution is -2.50. The summed E-state index contributed by atoms with van der Waals surface area (Å²) in [6.45, 7) is 6.03. The van der Waals surface area contributed by atoms with Gasteiger partial charge in [-0.25, -0.2) is 0 Å². The van der Waals surface area contributed by atoms with E-state index < -0.39 is 18.0 Å². The fourth-order valence-electron chi connectivity index (χ4n) is 2.39. The number of aliphatic hydroxyl groups is 1. The number of aliphatic hydroxyl groups excluding tert-OH is 1. The van der Waals surface area contributed by atoms with Crippen molar-refractivity contribution in [2.75, 3.05) is 25.0 Å². The molecule has 1 unspecified atom stereocenters. The molecule has 0 saturated heterocycles. The fraction of sp³-hybridized carbons (Fsp3) is 0.550. The summed E-state index contributed by atoms with van der Waals surface area (Å²) in [4.78, 5) is 34.8. The summed E-state index contributed by atoms with van der Waals surface area (Å²) >= 11 is 0. The van der Waals surface area contributed by atoms with Crippen LogP contribution in [0.1, 0.15) is 40.0 Å². The SMILES string of the molecule is CC(C)CN(NC(=O)CC(C)O)C(=O)CNc1ccc(OCCCC(=O)O)cc1. The number of ether oxygens (including phenoxy) is 1. The maximum absolute atomic E-state index is 12.5. The quantitative estimate of drug-likeness (QED) is 0.305. The highest BCUT2D eigenvalue weighted by Crippen LogP contribution is 2.16. The van der Waals surface area contributed by atoms with Crippen molar-refractivity contribution in [3.63, 3.8) is 0 Å². The Balaban J connectivity index is 2.52. The fourth-order valence-corrected chi connectivity index (χ4v) is 2.39. The van der Waals surface area contributed by atoms with Crippen LogP contribution in [0.3, 0.4) is 0 Å². The molecular formula is C20H31N3O6. The largest absolute Gasteiger partial charge is 0.494 e. The Hall–Kier alpha value is -2.81. The van der Waals surface area contributed by atoms with E-state index in [1.165, 1.54) is 11.9 Å². The Morgan fingerprint density at radius 3 is 2.34 bits per heavy atom. The molecule has 29 heavy (non-hydrogen) atoms. The Morgan fingerprint density at radius 1 is 1.14 bits per heavy atom. The highest BCUT2D eigenvalue weighted by Gasteiger charge is 2.18. The number of hydrazine groups is 1. The average molecular weight is 409 g/mol. The summed E-state index contributed by atoms with van der Waals surface area (Å²) in [6, 6.07) is 6.95. The molecule has 1 aromatic carbocycles. The molecular weight excluding hydrogens is 378 g/mol. The third-order valence-corrected chi connectivity index (χ3v) is 3.69. The summed E-state index contributed by atoms with van der Waals surface area (Å²) in [5, 5.41) is 22.2. The average Bonchev–Trinajstić information content (AvgIpc) is 2.62. The van der Waals surface area contributed by atoms with E-state index in [-0.39, 0.29) is 31.2 Å². The highest BCUT2D eigenvalue weighted by atomic mass is 16.5. The van der Waals surface area contributed by atoms with Gasteiger partial charge in [0.1, 0.15) is 5.75 Å². The number of amides is 2. The van der Waals surface area contributed by atoms with Crippen LogP contribution in [0.15, 0.2) is 24.3 Å². The molecule has 2 amide bonds. The van der Waals surface area contributed by atoms with Gasteiger partial charge in [-0.2, -0.15) is 0 Å². The molecule has 9 nitrogen and oxygen atoms in total. The van der Waals surface area contributed by atoms with Gasteiger partial charge in [0, 0.05) is 18.7 Å². The molecule has 0 heterocycles. The second-order valence-corrected chi connectivity index (χ2v) is 7.21. The summed E-state index contributed by atoms with van der Waals surface area (Å²) in [7, 11) is 0. The van der Waals surface area contributed by atoms with Crippen molar-refractivity contribution in [1.82, 2.24) is 10.4 Å². The molecule has 0 spiro atoms. The Morgan fingerprint density at radius 2 is 1.79 bits per heavy atom. The molecule has 0 aromatic heterocycles. The molecule has 9 heteroatoms. The molecule has 0 saturated carbocycles. The number of carbonyl (C=O) groups is 3. The summed E-state index contributed by atoms with van der Waals surface area (Å²) < 4.78 is 5.46. The Bertz CT molecular complexity index is 661. The monoisotopic (exact) mass is 409 g/mol. The van der Waals surface area contributed by atoms with E-state index in [0.29, 0.717) is 31.0 Å². The van der Waals surface area contributed by atoms with Crippen LogP contribution in [0.25, 0.3) is 0 Å². The van der Waals surface area contributed by atoms with Crippen molar-refractivity contribution in [3.8, 4) is 5.75 Å². The van der Waals surface area contributed by atoms with Crippen LogP contribution in [0.5, 0.6) is 5.75 Å². The van der Waals surface area contributed by atoms with Gasteiger partial charge >= 0.3 is 5.97 Å². The van der Waals surface area contributed by atoms with E-state index >= 15 is 0 Å². The molecule has 162 valence electrons. The van der Waals surface area contributed by atoms with E-state index in [4.69, 9.17) is 9.84 Å². The smallest absolute Gasteiger partial charge is 0.303 e. The Labute approximate surface area is 171 Å². The van der Waals surface area contributed by atoms with Crippen LogP contribution < -0.4 is 15.5 Å². The molecule has 0 aliphatic carbocycles. The maximum atomic E-state index is 12.5. The van der Waals surface area contributed by atoms with Gasteiger partial charge < -0.3 is 20.3 Å². The van der Waals surface area contributed by atoms with Crippen LogP contribution in [-0.4, -0.2) is 58.8 Å². The van der Waals surface area contributed by atoms with Crippen molar-refractivity contribution in [1.29, 1.82) is 0 Å². The number of rotatable bonds is 12. The third-order valence-electron chi connectivity index (χ3n) is 3.69. The van der Waals surface area contributed by atoms with Gasteiger partial charge in [-0.1, -0.05) is 13.8 Å². The molecule has 4 N–H and O–H groups in total. The summed E-state index contributed by atoms with van der Waals surface area (Å²) in [5.74, 6) is -0.807. The number of carboxylic acids is 1. The number of carbonyl (C=O) groups excluding carboxylic acids is 2. The first kappa shape index (κ1) is 24.2. The minimum Gasteiger partial charge on any atom is -0.494 e. The second-order valence-electron chi connectivity index (χ2n) is 7.21. The van der Waals surface area contributed by atoms with Gasteiger partial charge in [0.25, 0.3) is 5.91 Å². The van der Waals surface area contributed by atoms with Gasteiger partial charge in [0.05, 0.1) is 25.7 Å². The van der Waals surface area contributed by atoms with Crippen LogP contribution >= 0.6 is 0 Å². The lowest BCUT2D eigenvalue weighted by Gasteiger charge is -2.25. The molecule has 0 bridgehead atoms. The third kappa shape index (κ3) is 10.9. The van der Waals surface area contributed by atoms with E-state index in [2.05, 4.69) is 10.7 Å². The standard InChI is InChI=1S/C20H31N3O6/c1-14(2)13-23(22-18(25)11-15(3)24)19(26)12-21-16-6-8-17(9-7-16)29-10-4-5-20(27)28/h6-9,14-15,21,24H,4-5,10-13H2,1-3H3,(H,22,25)(H,27,28). The summed E-state index contributed by atoms with van der Waals surface area (Å²) in [6.07, 6.45) is -0.379. The van der Waals surface area contributed by atoms with E-state index in [0.717, 1.165) is 0 Å². The topological polar surface area (TPSA) is 128 Å². The lowest BCUT2D eigenvalue weighted by atomic mass is 10.2. The zero-order valence-corrected chi connectivity index (χ0v) is 17.2. The van der Waals surface area contributed by atoms with Gasteiger partial charge in [-0.3, -0.25) is 24.8 Å². The minimum absolute atomic E-state index is 0.0134. The van der Waals surface area contributed by atoms with Gasteiger partial charge in [-0.15, -0.1) is 0 Å². The molecule has 1 atom stereocenters. The molecule has 1 aromatic rings. The van der Waals surface area contributed by atoms with Crippen molar-refractivity contribution < 1.29 is 29.3 Å². The number of hydrogen-bond acceptors (Lipinski definition) is 6. The zero-order chi connectivity index (χ0) is 21.8. The molecule has 0 aliphatic rings.